The summed E-state index contributed by atoms with van der Waals surface area (Å²) < 4.78 is 0. The normalized spacial score (nSPS) is 14.6. The second-order valence-electron chi connectivity index (χ2n) is 2.78. The lowest BCUT2D eigenvalue weighted by molar-refractivity contribution is -0.132. The first kappa shape index (κ1) is 10.2. The van der Waals surface area contributed by atoms with Crippen LogP contribution in [0.15, 0.2) is 11.6 Å². The van der Waals surface area contributed by atoms with Gasteiger partial charge < -0.3 is 5.11 Å². The van der Waals surface area contributed by atoms with Gasteiger partial charge >= 0.3 is 5.97 Å². The summed E-state index contributed by atoms with van der Waals surface area (Å²) in [6.07, 6.45) is 4.75. The van der Waals surface area contributed by atoms with Crippen LogP contribution in [-0.4, -0.2) is 11.1 Å². The van der Waals surface area contributed by atoms with Crippen molar-refractivity contribution in [3.05, 3.63) is 18.1 Å². The SMILES string of the molecule is C[CH]CC(C)C=C(C)C(=O)O. The van der Waals surface area contributed by atoms with Gasteiger partial charge in [0.25, 0.3) is 0 Å². The maximum absolute atomic E-state index is 10.4. The van der Waals surface area contributed by atoms with Crippen molar-refractivity contribution in [1.82, 2.24) is 0 Å². The molecule has 1 unspecified atom stereocenters. The molecule has 0 aliphatic carbocycles. The minimum absolute atomic E-state index is 0.330. The van der Waals surface area contributed by atoms with E-state index < -0.39 is 5.97 Å². The van der Waals surface area contributed by atoms with E-state index in [1.807, 2.05) is 20.3 Å². The van der Waals surface area contributed by atoms with E-state index in [0.29, 0.717) is 11.5 Å². The van der Waals surface area contributed by atoms with Gasteiger partial charge in [0.05, 0.1) is 0 Å². The van der Waals surface area contributed by atoms with E-state index in [-0.39, 0.29) is 0 Å². The Morgan fingerprint density at radius 3 is 2.55 bits per heavy atom. The highest BCUT2D eigenvalue weighted by Gasteiger charge is 2.02. The molecule has 0 rings (SSSR count). The van der Waals surface area contributed by atoms with Gasteiger partial charge in [0, 0.05) is 5.57 Å². The van der Waals surface area contributed by atoms with Crippen LogP contribution < -0.4 is 0 Å². The van der Waals surface area contributed by atoms with Gasteiger partial charge in [-0.2, -0.15) is 0 Å². The van der Waals surface area contributed by atoms with Crippen LogP contribution in [0.4, 0.5) is 0 Å². The summed E-state index contributed by atoms with van der Waals surface area (Å²) in [4.78, 5) is 10.4. The van der Waals surface area contributed by atoms with Gasteiger partial charge in [-0.05, 0) is 25.7 Å². The van der Waals surface area contributed by atoms with Gasteiger partial charge in [-0.25, -0.2) is 4.79 Å². The van der Waals surface area contributed by atoms with Crippen LogP contribution >= 0.6 is 0 Å². The van der Waals surface area contributed by atoms with E-state index in [9.17, 15) is 4.79 Å². The van der Waals surface area contributed by atoms with E-state index in [4.69, 9.17) is 5.11 Å². The Hall–Kier alpha value is -0.790. The molecule has 1 radical (unpaired) electrons. The topological polar surface area (TPSA) is 37.3 Å². The highest BCUT2D eigenvalue weighted by atomic mass is 16.4. The van der Waals surface area contributed by atoms with Crippen molar-refractivity contribution in [2.24, 2.45) is 5.92 Å². The molecule has 0 aromatic heterocycles. The van der Waals surface area contributed by atoms with Crippen molar-refractivity contribution in [1.29, 1.82) is 0 Å². The quantitative estimate of drug-likeness (QED) is 0.632. The summed E-state index contributed by atoms with van der Waals surface area (Å²) in [5.74, 6) is -0.496. The van der Waals surface area contributed by atoms with Gasteiger partial charge in [0.2, 0.25) is 0 Å². The monoisotopic (exact) mass is 155 g/mol. The van der Waals surface area contributed by atoms with Crippen molar-refractivity contribution in [2.75, 3.05) is 0 Å². The number of allylic oxidation sites excluding steroid dienone is 1. The Kier molecular flexibility index (Phi) is 4.59. The number of aliphatic carboxylic acids is 1. The first-order valence-corrected chi connectivity index (χ1v) is 3.77. The zero-order valence-electron chi connectivity index (χ0n) is 7.29. The van der Waals surface area contributed by atoms with E-state index in [2.05, 4.69) is 0 Å². The van der Waals surface area contributed by atoms with Gasteiger partial charge in [-0.15, -0.1) is 0 Å². The molecule has 0 aliphatic heterocycles. The van der Waals surface area contributed by atoms with Crippen molar-refractivity contribution in [3.63, 3.8) is 0 Å². The average Bonchev–Trinajstić information content (AvgIpc) is 1.87. The summed E-state index contributed by atoms with van der Waals surface area (Å²) in [5.41, 5.74) is 0.430. The summed E-state index contributed by atoms with van der Waals surface area (Å²) in [6, 6.07) is 0. The van der Waals surface area contributed by atoms with Crippen LogP contribution in [0.5, 0.6) is 0 Å². The van der Waals surface area contributed by atoms with Crippen molar-refractivity contribution >= 4 is 5.97 Å². The molecule has 2 heteroatoms. The molecule has 0 amide bonds. The Morgan fingerprint density at radius 1 is 1.64 bits per heavy atom. The second-order valence-corrected chi connectivity index (χ2v) is 2.78. The largest absolute Gasteiger partial charge is 0.478 e. The van der Waals surface area contributed by atoms with Crippen LogP contribution in [0.3, 0.4) is 0 Å². The maximum Gasteiger partial charge on any atom is 0.330 e. The molecular weight excluding hydrogens is 140 g/mol. The van der Waals surface area contributed by atoms with Crippen LogP contribution in [0.1, 0.15) is 27.2 Å². The number of carboxylic acids is 1. The molecule has 0 spiro atoms. The predicted octanol–water partition coefficient (Wildman–Crippen LogP) is 2.27. The molecule has 11 heavy (non-hydrogen) atoms. The third-order valence-electron chi connectivity index (χ3n) is 1.48. The smallest absolute Gasteiger partial charge is 0.330 e. The lowest BCUT2D eigenvalue weighted by Crippen LogP contribution is -1.99. The zero-order valence-corrected chi connectivity index (χ0v) is 7.29. The molecule has 0 fully saturated rings. The Morgan fingerprint density at radius 2 is 2.18 bits per heavy atom. The second kappa shape index (κ2) is 4.94. The van der Waals surface area contributed by atoms with E-state index in [1.54, 1.807) is 13.0 Å². The van der Waals surface area contributed by atoms with Gasteiger partial charge in [0.15, 0.2) is 0 Å². The van der Waals surface area contributed by atoms with Gasteiger partial charge in [-0.3, -0.25) is 0 Å². The fourth-order valence-electron chi connectivity index (χ4n) is 0.938. The van der Waals surface area contributed by atoms with Crippen LogP contribution in [-0.2, 0) is 4.79 Å². The summed E-state index contributed by atoms with van der Waals surface area (Å²) >= 11 is 0. The zero-order chi connectivity index (χ0) is 8.85. The molecule has 63 valence electrons. The minimum atomic E-state index is -0.826. The number of carboxylic acid groups (broad SMARTS) is 1. The summed E-state index contributed by atoms with van der Waals surface area (Å²) in [7, 11) is 0. The van der Waals surface area contributed by atoms with Crippen LogP contribution in [0, 0.1) is 12.3 Å². The van der Waals surface area contributed by atoms with Gasteiger partial charge in [0.1, 0.15) is 0 Å². The minimum Gasteiger partial charge on any atom is -0.478 e. The number of hydrogen-bond donors (Lipinski definition) is 1. The Balaban J connectivity index is 3.96. The van der Waals surface area contributed by atoms with E-state index >= 15 is 0 Å². The molecule has 1 atom stereocenters. The summed E-state index contributed by atoms with van der Waals surface area (Å²) in [6.45, 7) is 5.60. The van der Waals surface area contributed by atoms with Crippen molar-refractivity contribution in [2.45, 2.75) is 27.2 Å². The Labute approximate surface area is 67.9 Å². The lowest BCUT2D eigenvalue weighted by Gasteiger charge is -2.03. The standard InChI is InChI=1S/C9H15O2/c1-4-5-7(2)6-8(3)9(10)11/h4,6-7H,5H2,1-3H3,(H,10,11). The molecule has 0 heterocycles. The fraction of sp³-hybridized carbons (Fsp3) is 0.556. The van der Waals surface area contributed by atoms with Crippen LogP contribution in [0.25, 0.3) is 0 Å². The Bertz CT molecular complexity index is 159. The molecule has 0 aromatic carbocycles. The third kappa shape index (κ3) is 4.59. The maximum atomic E-state index is 10.4. The highest BCUT2D eigenvalue weighted by Crippen LogP contribution is 2.08. The first-order chi connectivity index (χ1) is 5.07. The number of hydrogen-bond acceptors (Lipinski definition) is 1. The third-order valence-corrected chi connectivity index (χ3v) is 1.48. The number of carbonyl (C=O) groups is 1. The van der Waals surface area contributed by atoms with Crippen LogP contribution in [0.2, 0.25) is 0 Å². The first-order valence-electron chi connectivity index (χ1n) is 3.77. The van der Waals surface area contributed by atoms with Gasteiger partial charge in [-0.1, -0.05) is 19.9 Å². The lowest BCUT2D eigenvalue weighted by atomic mass is 10.0. The van der Waals surface area contributed by atoms with Crippen molar-refractivity contribution in [3.8, 4) is 0 Å². The summed E-state index contributed by atoms with van der Waals surface area (Å²) in [5, 5.41) is 8.52. The molecule has 0 aromatic rings. The molecule has 0 saturated heterocycles. The van der Waals surface area contributed by atoms with Crippen molar-refractivity contribution < 1.29 is 9.90 Å². The number of rotatable bonds is 4. The average molecular weight is 155 g/mol. The molecule has 0 saturated carbocycles. The molecule has 2 nitrogen and oxygen atoms in total. The molecule has 0 bridgehead atoms. The molecule has 1 N–H and O–H groups in total. The molecule has 0 aliphatic rings. The van der Waals surface area contributed by atoms with E-state index in [0.717, 1.165) is 6.42 Å². The predicted molar refractivity (Wildman–Crippen MR) is 45.1 cm³/mol. The molecular formula is C9H15O2. The fourth-order valence-corrected chi connectivity index (χ4v) is 0.938. The highest BCUT2D eigenvalue weighted by molar-refractivity contribution is 5.85. The van der Waals surface area contributed by atoms with E-state index in [1.165, 1.54) is 0 Å².